The average Bonchev–Trinajstić information content (AvgIpc) is 2.17. The van der Waals surface area contributed by atoms with Crippen molar-refractivity contribution >= 4 is 0 Å². The molecule has 0 unspecified atom stereocenters. The van der Waals surface area contributed by atoms with Crippen LogP contribution in [0, 0.1) is 11.8 Å². The van der Waals surface area contributed by atoms with Gasteiger partial charge in [-0.3, -0.25) is 0 Å². The molecule has 3 rings (SSSR count). The molecule has 0 aromatic carbocycles. The third-order valence-electron chi connectivity index (χ3n) is 2.83. The van der Waals surface area contributed by atoms with Gasteiger partial charge >= 0.3 is 0 Å². The highest BCUT2D eigenvalue weighted by atomic mass is 16.3. The molecule has 2 bridgehead atoms. The van der Waals surface area contributed by atoms with E-state index in [0.29, 0.717) is 0 Å². The summed E-state index contributed by atoms with van der Waals surface area (Å²) in [6.45, 7) is 0.0547. The number of allylic oxidation sites excluding steroid dienone is 6. The van der Waals surface area contributed by atoms with Crippen molar-refractivity contribution in [3.05, 3.63) is 47.6 Å². The van der Waals surface area contributed by atoms with Gasteiger partial charge in [-0.25, -0.2) is 0 Å². The largest absolute Gasteiger partial charge is 0.392 e. The van der Waals surface area contributed by atoms with Crippen molar-refractivity contribution in [1.29, 1.82) is 0 Å². The predicted molar refractivity (Wildman–Crippen MR) is 55.6 cm³/mol. The highest BCUT2D eigenvalue weighted by molar-refractivity contribution is 5.40. The van der Waals surface area contributed by atoms with E-state index in [9.17, 15) is 10.2 Å². The van der Waals surface area contributed by atoms with Gasteiger partial charge in [-0.1, -0.05) is 36.5 Å². The van der Waals surface area contributed by atoms with Crippen LogP contribution in [0.5, 0.6) is 0 Å². The Labute approximate surface area is 83.6 Å². The Bertz CT molecular complexity index is 302. The summed E-state index contributed by atoms with van der Waals surface area (Å²) in [5.74, 6) is 0.312. The fraction of sp³-hybridized carbons (Fsp3) is 0.333. The van der Waals surface area contributed by atoms with Crippen LogP contribution >= 0.6 is 0 Å². The summed E-state index contributed by atoms with van der Waals surface area (Å²) < 4.78 is 0. The van der Waals surface area contributed by atoms with Gasteiger partial charge < -0.3 is 10.2 Å². The summed E-state index contributed by atoms with van der Waals surface area (Å²) in [5.41, 5.74) is 1.89. The van der Waals surface area contributed by atoms with Crippen molar-refractivity contribution in [2.75, 3.05) is 13.2 Å². The lowest BCUT2D eigenvalue weighted by Crippen LogP contribution is -2.18. The van der Waals surface area contributed by atoms with Crippen LogP contribution in [0.1, 0.15) is 0 Å². The van der Waals surface area contributed by atoms with E-state index in [4.69, 9.17) is 0 Å². The monoisotopic (exact) mass is 190 g/mol. The van der Waals surface area contributed by atoms with Crippen LogP contribution in [-0.4, -0.2) is 23.4 Å². The maximum absolute atomic E-state index is 9.27. The van der Waals surface area contributed by atoms with Gasteiger partial charge in [-0.2, -0.15) is 0 Å². The summed E-state index contributed by atoms with van der Waals surface area (Å²) in [7, 11) is 0. The Kier molecular flexibility index (Phi) is 2.66. The van der Waals surface area contributed by atoms with Crippen LogP contribution in [0.25, 0.3) is 0 Å². The molecule has 0 heterocycles. The van der Waals surface area contributed by atoms with Crippen LogP contribution < -0.4 is 0 Å². The molecule has 74 valence electrons. The molecule has 0 saturated heterocycles. The first kappa shape index (κ1) is 9.44. The lowest BCUT2D eigenvalue weighted by Gasteiger charge is -2.26. The minimum atomic E-state index is 0.0274. The number of rotatable bonds is 2. The lowest BCUT2D eigenvalue weighted by atomic mass is 9.80. The molecule has 0 fully saturated rings. The summed E-state index contributed by atoms with van der Waals surface area (Å²) >= 11 is 0. The summed E-state index contributed by atoms with van der Waals surface area (Å²) in [6.07, 6.45) is 12.2. The summed E-state index contributed by atoms with van der Waals surface area (Å²) in [6, 6.07) is 0. The van der Waals surface area contributed by atoms with E-state index < -0.39 is 0 Å². The highest BCUT2D eigenvalue weighted by Gasteiger charge is 2.22. The molecule has 2 heteroatoms. The Hall–Kier alpha value is -1.12. The van der Waals surface area contributed by atoms with Crippen molar-refractivity contribution in [3.8, 4) is 0 Å². The molecular weight excluding hydrogens is 176 g/mol. The second-order valence-electron chi connectivity index (χ2n) is 3.57. The molecule has 0 radical (unpaired) electrons. The van der Waals surface area contributed by atoms with E-state index in [1.807, 2.05) is 24.3 Å². The molecule has 2 N–H and O–H groups in total. The maximum atomic E-state index is 9.27. The zero-order valence-electron chi connectivity index (χ0n) is 7.93. The maximum Gasteiger partial charge on any atom is 0.0654 e. The first-order valence-corrected chi connectivity index (χ1v) is 4.83. The molecule has 0 amide bonds. The van der Waals surface area contributed by atoms with Crippen LogP contribution in [0.4, 0.5) is 0 Å². The molecule has 3 aliphatic rings. The van der Waals surface area contributed by atoms with Crippen LogP contribution in [0.3, 0.4) is 0 Å². The second kappa shape index (κ2) is 3.95. The van der Waals surface area contributed by atoms with Gasteiger partial charge in [-0.05, 0) is 11.1 Å². The first-order chi connectivity index (χ1) is 6.86. The van der Waals surface area contributed by atoms with E-state index in [2.05, 4.69) is 12.2 Å². The van der Waals surface area contributed by atoms with E-state index in [-0.39, 0.29) is 25.0 Å². The molecule has 0 aliphatic heterocycles. The van der Waals surface area contributed by atoms with Crippen molar-refractivity contribution in [2.24, 2.45) is 11.8 Å². The highest BCUT2D eigenvalue weighted by Crippen LogP contribution is 2.31. The topological polar surface area (TPSA) is 40.5 Å². The zero-order valence-corrected chi connectivity index (χ0v) is 7.93. The van der Waals surface area contributed by atoms with Gasteiger partial charge in [-0.15, -0.1) is 0 Å². The Morgan fingerprint density at radius 2 is 1.21 bits per heavy atom. The molecule has 0 saturated carbocycles. The fourth-order valence-electron chi connectivity index (χ4n) is 2.04. The third-order valence-corrected chi connectivity index (χ3v) is 2.83. The van der Waals surface area contributed by atoms with Gasteiger partial charge in [0, 0.05) is 11.8 Å². The van der Waals surface area contributed by atoms with Gasteiger partial charge in [0.25, 0.3) is 0 Å². The molecule has 3 aliphatic carbocycles. The number of fused-ring (bicyclic) bond motifs is 1. The molecule has 0 aromatic rings. The number of hydrogen-bond acceptors (Lipinski definition) is 2. The Balaban J connectivity index is 2.47. The summed E-state index contributed by atoms with van der Waals surface area (Å²) in [4.78, 5) is 0. The van der Waals surface area contributed by atoms with Crippen LogP contribution in [0.15, 0.2) is 47.6 Å². The SMILES string of the molecule is OCC1=C(CO)[C@H]2C=C[C@@H]1C=C/C=C\2. The molecule has 2 nitrogen and oxygen atoms in total. The molecule has 14 heavy (non-hydrogen) atoms. The van der Waals surface area contributed by atoms with Crippen molar-refractivity contribution < 1.29 is 10.2 Å². The summed E-state index contributed by atoms with van der Waals surface area (Å²) in [5, 5.41) is 18.5. The molecule has 0 aromatic heterocycles. The molecule has 2 atom stereocenters. The van der Waals surface area contributed by atoms with Gasteiger partial charge in [0.05, 0.1) is 13.2 Å². The van der Waals surface area contributed by atoms with Crippen molar-refractivity contribution in [3.63, 3.8) is 0 Å². The first-order valence-electron chi connectivity index (χ1n) is 4.83. The van der Waals surface area contributed by atoms with Crippen LogP contribution in [0.2, 0.25) is 0 Å². The van der Waals surface area contributed by atoms with E-state index in [1.54, 1.807) is 0 Å². The van der Waals surface area contributed by atoms with Crippen LogP contribution in [-0.2, 0) is 0 Å². The molecule has 0 spiro atoms. The normalized spacial score (nSPS) is 31.9. The lowest BCUT2D eigenvalue weighted by molar-refractivity contribution is 0.297. The second-order valence-corrected chi connectivity index (χ2v) is 3.57. The van der Waals surface area contributed by atoms with Crippen molar-refractivity contribution in [1.82, 2.24) is 0 Å². The quantitative estimate of drug-likeness (QED) is 0.642. The predicted octanol–water partition coefficient (Wildman–Crippen LogP) is 1.20. The molecular formula is C12H14O2. The van der Waals surface area contributed by atoms with E-state index >= 15 is 0 Å². The minimum absolute atomic E-state index is 0.0274. The van der Waals surface area contributed by atoms with E-state index in [0.717, 1.165) is 11.1 Å². The average molecular weight is 190 g/mol. The van der Waals surface area contributed by atoms with Gasteiger partial charge in [0.1, 0.15) is 0 Å². The minimum Gasteiger partial charge on any atom is -0.392 e. The fourth-order valence-corrected chi connectivity index (χ4v) is 2.04. The Morgan fingerprint density at radius 1 is 0.786 bits per heavy atom. The van der Waals surface area contributed by atoms with Gasteiger partial charge in [0.15, 0.2) is 0 Å². The zero-order chi connectivity index (χ0) is 9.97. The smallest absolute Gasteiger partial charge is 0.0654 e. The standard InChI is InChI=1S/C12H14O2/c13-7-11-9-3-1-2-4-10(6-5-9)12(11)8-14/h1-6,9-10,13-14H,7-8H2/b3-1-,4-2?/t9-,10+/m1/s1. The number of aliphatic hydroxyl groups excluding tert-OH is 2. The van der Waals surface area contributed by atoms with E-state index in [1.165, 1.54) is 0 Å². The van der Waals surface area contributed by atoms with Gasteiger partial charge in [0.2, 0.25) is 0 Å². The number of aliphatic hydroxyl groups is 2. The Morgan fingerprint density at radius 3 is 1.57 bits per heavy atom. The van der Waals surface area contributed by atoms with Crippen molar-refractivity contribution in [2.45, 2.75) is 0 Å². The number of hydrogen-bond donors (Lipinski definition) is 2. The third kappa shape index (κ3) is 1.47.